The van der Waals surface area contributed by atoms with Crippen LogP contribution >= 0.6 is 0 Å². The number of H-pyrrole nitrogens is 1. The lowest BCUT2D eigenvalue weighted by atomic mass is 9.96. The van der Waals surface area contributed by atoms with E-state index in [0.717, 1.165) is 36.9 Å². The number of hydrogen-bond acceptors (Lipinski definition) is 4. The van der Waals surface area contributed by atoms with Crippen molar-refractivity contribution in [2.45, 2.75) is 25.7 Å². The topological polar surface area (TPSA) is 92.9 Å². The van der Waals surface area contributed by atoms with Crippen molar-refractivity contribution < 1.29 is 9.21 Å². The highest BCUT2D eigenvalue weighted by Crippen LogP contribution is 2.23. The fourth-order valence-corrected chi connectivity index (χ4v) is 3.06. The van der Waals surface area contributed by atoms with E-state index in [9.17, 15) is 9.59 Å². The molecule has 23 heavy (non-hydrogen) atoms. The Kier molecular flexibility index (Phi) is 3.07. The van der Waals surface area contributed by atoms with Gasteiger partial charge in [0.05, 0.1) is 5.52 Å². The molecule has 4 rings (SSSR count). The third-order valence-corrected chi connectivity index (χ3v) is 4.32. The molecule has 2 aromatic heterocycles. The molecule has 0 saturated heterocycles. The quantitative estimate of drug-likeness (QED) is 0.756. The monoisotopic (exact) mass is 312 g/mol. The minimum Gasteiger partial charge on any atom is -0.408 e. The van der Waals surface area contributed by atoms with E-state index >= 15 is 0 Å². The van der Waals surface area contributed by atoms with Gasteiger partial charge in [0, 0.05) is 24.0 Å². The summed E-state index contributed by atoms with van der Waals surface area (Å²) < 4.78 is 6.49. The first-order valence-electron chi connectivity index (χ1n) is 7.60. The fourth-order valence-electron chi connectivity index (χ4n) is 3.06. The number of amides is 1. The van der Waals surface area contributed by atoms with Crippen molar-refractivity contribution in [2.24, 2.45) is 7.05 Å². The second kappa shape index (κ2) is 5.12. The highest BCUT2D eigenvalue weighted by molar-refractivity contribution is 6.04. The summed E-state index contributed by atoms with van der Waals surface area (Å²) in [4.78, 5) is 24.0. The molecule has 0 bridgehead atoms. The van der Waals surface area contributed by atoms with E-state index in [1.54, 1.807) is 25.2 Å². The van der Waals surface area contributed by atoms with Gasteiger partial charge in [0.25, 0.3) is 5.91 Å². The minimum absolute atomic E-state index is 0.239. The fraction of sp³-hybridized carbons (Fsp3) is 0.312. The predicted molar refractivity (Wildman–Crippen MR) is 84.6 cm³/mol. The molecule has 7 heteroatoms. The van der Waals surface area contributed by atoms with E-state index in [1.807, 2.05) is 0 Å². The third kappa shape index (κ3) is 2.25. The molecule has 2 heterocycles. The molecule has 0 radical (unpaired) electrons. The van der Waals surface area contributed by atoms with Crippen LogP contribution in [0.15, 0.2) is 27.4 Å². The SMILES string of the molecule is Cn1c(=O)oc2ccc(NC(=O)c3n[nH]c4c3CCCC4)cc21. The number of nitrogens with zero attached hydrogens (tertiary/aromatic N) is 2. The number of carbonyl (C=O) groups is 1. The van der Waals surface area contributed by atoms with Crippen molar-refractivity contribution in [1.29, 1.82) is 0 Å². The lowest BCUT2D eigenvalue weighted by molar-refractivity contribution is 0.102. The summed E-state index contributed by atoms with van der Waals surface area (Å²) in [5, 5.41) is 9.98. The van der Waals surface area contributed by atoms with Gasteiger partial charge in [-0.25, -0.2) is 4.79 Å². The van der Waals surface area contributed by atoms with Gasteiger partial charge in [-0.2, -0.15) is 5.10 Å². The van der Waals surface area contributed by atoms with Crippen molar-refractivity contribution >= 4 is 22.7 Å². The minimum atomic E-state index is -0.426. The van der Waals surface area contributed by atoms with Gasteiger partial charge in [0.15, 0.2) is 11.3 Å². The molecule has 0 spiro atoms. The Balaban J connectivity index is 1.65. The lowest BCUT2D eigenvalue weighted by Gasteiger charge is -2.11. The molecular formula is C16H16N4O3. The number of fused-ring (bicyclic) bond motifs is 2. The van der Waals surface area contributed by atoms with Gasteiger partial charge in [-0.15, -0.1) is 0 Å². The Morgan fingerprint density at radius 1 is 1.35 bits per heavy atom. The average Bonchev–Trinajstić information content (AvgIpc) is 3.10. The number of anilines is 1. The van der Waals surface area contributed by atoms with E-state index < -0.39 is 5.76 Å². The Bertz CT molecular complexity index is 964. The number of hydrogen-bond donors (Lipinski definition) is 2. The van der Waals surface area contributed by atoms with Crippen LogP contribution in [0, 0.1) is 0 Å². The third-order valence-electron chi connectivity index (χ3n) is 4.32. The first-order chi connectivity index (χ1) is 11.1. The number of benzene rings is 1. The summed E-state index contributed by atoms with van der Waals surface area (Å²) >= 11 is 0. The van der Waals surface area contributed by atoms with E-state index in [4.69, 9.17) is 4.42 Å². The van der Waals surface area contributed by atoms with Gasteiger partial charge >= 0.3 is 5.76 Å². The second-order valence-electron chi connectivity index (χ2n) is 5.80. The van der Waals surface area contributed by atoms with Crippen LogP contribution in [0.4, 0.5) is 5.69 Å². The maximum absolute atomic E-state index is 12.5. The van der Waals surface area contributed by atoms with Crippen LogP contribution in [-0.2, 0) is 19.9 Å². The maximum atomic E-state index is 12.5. The molecule has 0 fully saturated rings. The summed E-state index contributed by atoms with van der Waals surface area (Å²) in [7, 11) is 1.63. The van der Waals surface area contributed by atoms with E-state index in [2.05, 4.69) is 15.5 Å². The van der Waals surface area contributed by atoms with Crippen LogP contribution in [0.2, 0.25) is 0 Å². The van der Waals surface area contributed by atoms with Gasteiger partial charge in [0.2, 0.25) is 0 Å². The molecule has 1 aliphatic rings. The van der Waals surface area contributed by atoms with Crippen LogP contribution in [0.5, 0.6) is 0 Å². The molecule has 118 valence electrons. The summed E-state index contributed by atoms with van der Waals surface area (Å²) in [5.74, 6) is -0.665. The van der Waals surface area contributed by atoms with Crippen LogP contribution in [-0.4, -0.2) is 20.7 Å². The zero-order chi connectivity index (χ0) is 16.0. The molecule has 3 aromatic rings. The van der Waals surface area contributed by atoms with Crippen molar-refractivity contribution in [3.8, 4) is 0 Å². The molecule has 7 nitrogen and oxygen atoms in total. The molecule has 1 aliphatic carbocycles. The molecule has 0 aliphatic heterocycles. The molecule has 0 unspecified atom stereocenters. The van der Waals surface area contributed by atoms with E-state index in [-0.39, 0.29) is 5.91 Å². The maximum Gasteiger partial charge on any atom is 0.419 e. The predicted octanol–water partition coefficient (Wildman–Crippen LogP) is 1.99. The standard InChI is InChI=1S/C16H16N4O3/c1-20-12-8-9(6-7-13(12)23-16(20)22)17-15(21)14-10-4-2-3-5-11(10)18-19-14/h6-8H,2-5H2,1H3,(H,17,21)(H,18,19). The first-order valence-corrected chi connectivity index (χ1v) is 7.60. The highest BCUT2D eigenvalue weighted by Gasteiger charge is 2.21. The lowest BCUT2D eigenvalue weighted by Crippen LogP contribution is -2.15. The highest BCUT2D eigenvalue weighted by atomic mass is 16.4. The Morgan fingerprint density at radius 2 is 2.17 bits per heavy atom. The number of oxazole rings is 1. The number of aryl methyl sites for hydroxylation is 2. The van der Waals surface area contributed by atoms with Crippen molar-refractivity contribution in [1.82, 2.24) is 14.8 Å². The van der Waals surface area contributed by atoms with Crippen LogP contribution in [0.1, 0.15) is 34.6 Å². The summed E-state index contributed by atoms with van der Waals surface area (Å²) in [5.41, 5.74) is 4.27. The summed E-state index contributed by atoms with van der Waals surface area (Å²) in [6.07, 6.45) is 4.03. The first kappa shape index (κ1) is 13.8. The van der Waals surface area contributed by atoms with Crippen LogP contribution < -0.4 is 11.1 Å². The zero-order valence-corrected chi connectivity index (χ0v) is 12.7. The second-order valence-corrected chi connectivity index (χ2v) is 5.80. The summed E-state index contributed by atoms with van der Waals surface area (Å²) in [6.45, 7) is 0. The Hall–Kier alpha value is -2.83. The molecule has 1 amide bonds. The van der Waals surface area contributed by atoms with Crippen molar-refractivity contribution in [2.75, 3.05) is 5.32 Å². The van der Waals surface area contributed by atoms with Gasteiger partial charge < -0.3 is 9.73 Å². The van der Waals surface area contributed by atoms with Gasteiger partial charge in [-0.1, -0.05) is 0 Å². The Labute approximate surface area is 131 Å². The number of aromatic amines is 1. The van der Waals surface area contributed by atoms with Gasteiger partial charge in [-0.05, 0) is 43.9 Å². The number of aromatic nitrogens is 3. The molecule has 0 atom stereocenters. The largest absolute Gasteiger partial charge is 0.419 e. The van der Waals surface area contributed by atoms with E-state index in [1.165, 1.54) is 4.57 Å². The normalized spacial score (nSPS) is 14.0. The van der Waals surface area contributed by atoms with Gasteiger partial charge in [0.1, 0.15) is 0 Å². The molecule has 1 aromatic carbocycles. The van der Waals surface area contributed by atoms with Gasteiger partial charge in [-0.3, -0.25) is 14.5 Å². The zero-order valence-electron chi connectivity index (χ0n) is 12.7. The Morgan fingerprint density at radius 3 is 3.04 bits per heavy atom. The van der Waals surface area contributed by atoms with Crippen molar-refractivity contribution in [3.05, 3.63) is 45.7 Å². The summed E-state index contributed by atoms with van der Waals surface area (Å²) in [6, 6.07) is 5.10. The number of carbonyl (C=O) groups excluding carboxylic acids is 1. The van der Waals surface area contributed by atoms with Crippen molar-refractivity contribution in [3.63, 3.8) is 0 Å². The van der Waals surface area contributed by atoms with E-state index in [0.29, 0.717) is 22.5 Å². The van der Waals surface area contributed by atoms with Crippen LogP contribution in [0.25, 0.3) is 11.1 Å². The average molecular weight is 312 g/mol. The molecule has 2 N–H and O–H groups in total. The number of rotatable bonds is 2. The number of nitrogens with one attached hydrogen (secondary N) is 2. The smallest absolute Gasteiger partial charge is 0.408 e. The van der Waals surface area contributed by atoms with Crippen LogP contribution in [0.3, 0.4) is 0 Å². The molecule has 0 saturated carbocycles. The molecular weight excluding hydrogens is 296 g/mol.